The quantitative estimate of drug-likeness (QED) is 0.312. The monoisotopic (exact) mass is 660 g/mol. The van der Waals surface area contributed by atoms with Gasteiger partial charge in [-0.2, -0.15) is 0 Å². The van der Waals surface area contributed by atoms with Crippen LogP contribution in [0.1, 0.15) is 43.0 Å². The number of allylic oxidation sites excluding steroid dienone is 4. The van der Waals surface area contributed by atoms with Crippen LogP contribution in [0.2, 0.25) is 0 Å². The Labute approximate surface area is 285 Å². The van der Waals surface area contributed by atoms with Crippen LogP contribution in [0.4, 0.5) is 11.4 Å². The second-order valence-electron chi connectivity index (χ2n) is 13.4. The Morgan fingerprint density at radius 1 is 0.735 bits per heavy atom. The van der Waals surface area contributed by atoms with Gasteiger partial charge >= 0.3 is 0 Å². The molecule has 4 N–H and O–H groups in total. The summed E-state index contributed by atoms with van der Waals surface area (Å²) in [7, 11) is 1.79. The van der Waals surface area contributed by atoms with Gasteiger partial charge in [0.25, 0.3) is 11.1 Å². The largest absolute Gasteiger partial charge is 0.487 e. The number of anilines is 2. The van der Waals surface area contributed by atoms with Crippen molar-refractivity contribution in [1.82, 2.24) is 9.13 Å². The topological polar surface area (TPSA) is 121 Å². The summed E-state index contributed by atoms with van der Waals surface area (Å²) in [5, 5.41) is 2.10. The van der Waals surface area contributed by atoms with Crippen molar-refractivity contribution in [2.24, 2.45) is 18.5 Å². The van der Waals surface area contributed by atoms with Gasteiger partial charge < -0.3 is 39.9 Å². The highest BCUT2D eigenvalue weighted by Gasteiger charge is 2.37. The Kier molecular flexibility index (Phi) is 7.84. The molecule has 6 heterocycles. The number of nitrogens with two attached hydrogens (primary N) is 2. The zero-order valence-electron chi connectivity index (χ0n) is 29.1. The molecule has 2 aromatic carbocycles. The third-order valence-electron chi connectivity index (χ3n) is 10.3. The first-order valence-electron chi connectivity index (χ1n) is 16.8. The fraction of sp³-hybridized carbons (Fsp3) is 0.333. The minimum Gasteiger partial charge on any atom is -0.487 e. The van der Waals surface area contributed by atoms with E-state index >= 15 is 0 Å². The van der Waals surface area contributed by atoms with Crippen molar-refractivity contribution in [2.75, 3.05) is 36.1 Å². The van der Waals surface area contributed by atoms with Gasteiger partial charge in [0.1, 0.15) is 13.2 Å². The van der Waals surface area contributed by atoms with E-state index in [0.717, 1.165) is 89.5 Å². The molecule has 0 saturated carbocycles. The van der Waals surface area contributed by atoms with Gasteiger partial charge in [0.15, 0.2) is 11.5 Å². The van der Waals surface area contributed by atoms with Crippen LogP contribution >= 0.6 is 0 Å². The summed E-state index contributed by atoms with van der Waals surface area (Å²) < 4.78 is 15.8. The Bertz CT molecular complexity index is 2310. The van der Waals surface area contributed by atoms with Crippen LogP contribution in [0, 0.1) is 13.8 Å². The van der Waals surface area contributed by atoms with Gasteiger partial charge in [0.2, 0.25) is 0 Å². The van der Waals surface area contributed by atoms with Crippen LogP contribution in [0.15, 0.2) is 70.6 Å². The molecular weight excluding hydrogens is 616 g/mol. The Morgan fingerprint density at radius 3 is 1.65 bits per heavy atom. The van der Waals surface area contributed by atoms with Gasteiger partial charge in [-0.15, -0.1) is 0 Å². The van der Waals surface area contributed by atoms with Crippen LogP contribution in [0.3, 0.4) is 0 Å². The van der Waals surface area contributed by atoms with Gasteiger partial charge in [0.05, 0.1) is 34.5 Å². The number of aryl methyl sites for hydroxylation is 4. The molecule has 0 aliphatic carbocycles. The molecule has 4 aliphatic rings. The molecule has 4 aliphatic heterocycles. The van der Waals surface area contributed by atoms with Gasteiger partial charge in [0, 0.05) is 72.1 Å². The third-order valence-corrected chi connectivity index (χ3v) is 10.3. The van der Waals surface area contributed by atoms with E-state index in [1.54, 1.807) is 28.3 Å². The minimum atomic E-state index is -0.0331. The third kappa shape index (κ3) is 4.76. The maximum Gasteiger partial charge on any atom is 0.251 e. The molecule has 0 radical (unpaired) electrons. The van der Waals surface area contributed by atoms with Gasteiger partial charge in [-0.1, -0.05) is 13.2 Å². The number of aromatic nitrogens is 2. The lowest BCUT2D eigenvalue weighted by atomic mass is 9.92. The van der Waals surface area contributed by atoms with E-state index < -0.39 is 0 Å². The molecular formula is C39H44N6O4. The maximum absolute atomic E-state index is 12.5. The molecule has 0 amide bonds. The van der Waals surface area contributed by atoms with Gasteiger partial charge in [-0.25, -0.2) is 0 Å². The number of fused-ring (bicyclic) bond motifs is 4. The summed E-state index contributed by atoms with van der Waals surface area (Å²) in [6.07, 6.45) is 4.18. The smallest absolute Gasteiger partial charge is 0.251 e. The standard InChI is InChI=1S/C20H23N3O2.C19H21N3O2/c1-5-22-17(24)7-12(3)15-8-16-11(2)6-13(4)23-14(9-21)10-25-20(18(15)22)19(16)23;1-10-5-12(3)22-13(8-20)9-24-19-17-14(7-15(10)18(19)22)11(2)6-16(23)21(17)4/h6-8,14H,4-5,9-10,21H2,1-3H3;5-7,13H,3,8-9,20H2,1-2,4H3. The lowest BCUT2D eigenvalue weighted by Crippen LogP contribution is -2.48. The van der Waals surface area contributed by atoms with E-state index in [4.69, 9.17) is 20.9 Å². The summed E-state index contributed by atoms with van der Waals surface area (Å²) in [5.74, 6) is 1.53. The number of hydrogen-bond donors (Lipinski definition) is 2. The van der Waals surface area contributed by atoms with Crippen molar-refractivity contribution in [2.45, 2.75) is 53.2 Å². The van der Waals surface area contributed by atoms with Crippen molar-refractivity contribution < 1.29 is 9.47 Å². The number of benzene rings is 2. The Morgan fingerprint density at radius 2 is 1.18 bits per heavy atom. The average Bonchev–Trinajstić information content (AvgIpc) is 3.07. The zero-order valence-corrected chi connectivity index (χ0v) is 29.1. The predicted octanol–water partition coefficient (Wildman–Crippen LogP) is 5.09. The molecule has 10 nitrogen and oxygen atoms in total. The van der Waals surface area contributed by atoms with E-state index in [-0.39, 0.29) is 23.2 Å². The van der Waals surface area contributed by atoms with Crippen molar-refractivity contribution in [1.29, 1.82) is 0 Å². The molecule has 0 spiro atoms. The lowest BCUT2D eigenvalue weighted by molar-refractivity contribution is 0.272. The molecule has 2 unspecified atom stereocenters. The fourth-order valence-electron chi connectivity index (χ4n) is 7.84. The number of nitrogens with zero attached hydrogens (tertiary/aromatic N) is 4. The molecule has 0 saturated heterocycles. The summed E-state index contributed by atoms with van der Waals surface area (Å²) in [4.78, 5) is 29.1. The average molecular weight is 661 g/mol. The second-order valence-corrected chi connectivity index (χ2v) is 13.4. The van der Waals surface area contributed by atoms with Crippen LogP contribution in [-0.4, -0.2) is 47.5 Å². The molecule has 4 aromatic rings. The van der Waals surface area contributed by atoms with Crippen molar-refractivity contribution in [3.8, 4) is 11.5 Å². The second kappa shape index (κ2) is 11.8. The number of rotatable bonds is 3. The first kappa shape index (κ1) is 32.5. The molecule has 254 valence electrons. The SMILES string of the molecule is C=C1C=C(C)c2cc3c(C)cc(=O)n(C)c3c3c2N1C(CN)CO3.C=C1C=C(C)c2cc3c(C)cc(=O)n(CC)c3c3c2N1C(CN)CO3. The predicted molar refractivity (Wildman–Crippen MR) is 200 cm³/mol. The highest BCUT2D eigenvalue weighted by molar-refractivity contribution is 6.02. The highest BCUT2D eigenvalue weighted by atomic mass is 16.5. The molecule has 0 bridgehead atoms. The lowest BCUT2D eigenvalue weighted by Gasteiger charge is -2.42. The first-order chi connectivity index (χ1) is 23.4. The maximum atomic E-state index is 12.5. The summed E-state index contributed by atoms with van der Waals surface area (Å²) in [6, 6.07) is 7.79. The van der Waals surface area contributed by atoms with E-state index in [1.165, 1.54) is 0 Å². The Hall–Kier alpha value is -5.06. The number of pyridine rings is 2. The number of ether oxygens (including phenoxy) is 2. The molecule has 2 aromatic heterocycles. The Balaban J connectivity index is 0.000000154. The molecule has 8 rings (SSSR count). The van der Waals surface area contributed by atoms with Gasteiger partial charge in [-0.05, 0) is 81.2 Å². The van der Waals surface area contributed by atoms with Crippen molar-refractivity contribution in [3.05, 3.63) is 104 Å². The van der Waals surface area contributed by atoms with Crippen LogP contribution in [0.5, 0.6) is 11.5 Å². The molecule has 10 heteroatoms. The summed E-state index contributed by atoms with van der Waals surface area (Å²) in [5.41, 5.74) is 23.9. The molecule has 49 heavy (non-hydrogen) atoms. The van der Waals surface area contributed by atoms with E-state index in [0.29, 0.717) is 32.8 Å². The van der Waals surface area contributed by atoms with E-state index in [9.17, 15) is 9.59 Å². The normalized spacial score (nSPS) is 19.0. The van der Waals surface area contributed by atoms with Crippen molar-refractivity contribution in [3.63, 3.8) is 0 Å². The summed E-state index contributed by atoms with van der Waals surface area (Å²) in [6.45, 7) is 21.0. The molecule has 2 atom stereocenters. The fourth-order valence-corrected chi connectivity index (χ4v) is 7.84. The highest BCUT2D eigenvalue weighted by Crippen LogP contribution is 2.50. The molecule has 0 fully saturated rings. The van der Waals surface area contributed by atoms with Gasteiger partial charge in [-0.3, -0.25) is 9.59 Å². The zero-order chi connectivity index (χ0) is 35.0. The minimum absolute atomic E-state index is 0.00157. The van der Waals surface area contributed by atoms with E-state index in [2.05, 4.69) is 61.1 Å². The van der Waals surface area contributed by atoms with Crippen LogP contribution in [0.25, 0.3) is 33.0 Å². The summed E-state index contributed by atoms with van der Waals surface area (Å²) >= 11 is 0. The van der Waals surface area contributed by atoms with E-state index in [1.807, 2.05) is 20.8 Å². The number of hydrogen-bond acceptors (Lipinski definition) is 8. The van der Waals surface area contributed by atoms with Crippen LogP contribution in [-0.2, 0) is 13.6 Å². The van der Waals surface area contributed by atoms with Crippen molar-refractivity contribution >= 4 is 44.3 Å². The van der Waals surface area contributed by atoms with Crippen LogP contribution < -0.4 is 41.9 Å². The first-order valence-corrected chi connectivity index (χ1v) is 16.8.